The van der Waals surface area contributed by atoms with Crippen LogP contribution in [0.1, 0.15) is 126 Å². The zero-order chi connectivity index (χ0) is 37.3. The maximum Gasteiger partial charge on any atom is 0.0361 e. The van der Waals surface area contributed by atoms with Gasteiger partial charge in [-0.2, -0.15) is 0 Å². The first-order valence-electron chi connectivity index (χ1n) is 20.0. The predicted octanol–water partition coefficient (Wildman–Crippen LogP) is 11.0. The van der Waals surface area contributed by atoms with E-state index in [0.717, 1.165) is 41.5 Å². The van der Waals surface area contributed by atoms with E-state index in [1.54, 1.807) is 0 Å². The molecule has 0 spiro atoms. The van der Waals surface area contributed by atoms with Crippen LogP contribution in [0.4, 0.5) is 0 Å². The van der Waals surface area contributed by atoms with Crippen molar-refractivity contribution in [2.75, 3.05) is 0 Å². The Balaban J connectivity index is 1.30. The maximum absolute atomic E-state index is 5.77. The Labute approximate surface area is 330 Å². The van der Waals surface area contributed by atoms with Crippen molar-refractivity contribution < 1.29 is 0 Å². The van der Waals surface area contributed by atoms with Crippen molar-refractivity contribution in [3.8, 4) is 48.4 Å². The summed E-state index contributed by atoms with van der Waals surface area (Å²) in [6.45, 7) is 0. The molecule has 0 nitrogen and oxygen atoms in total. The lowest BCUT2D eigenvalue weighted by atomic mass is 9.57. The fourth-order valence-electron chi connectivity index (χ4n) is 11.2. The first-order chi connectivity index (χ1) is 27.7. The van der Waals surface area contributed by atoms with Gasteiger partial charge in [-0.1, -0.05) is 120 Å². The average molecular weight is 711 g/mol. The molecule has 262 valence electrons. The Morgan fingerprint density at radius 2 is 1.04 bits per heavy atom. The third-order valence-corrected chi connectivity index (χ3v) is 13.5. The molecule has 0 amide bonds. The molecule has 0 aliphatic heterocycles. The molecular formula is C56H38. The van der Waals surface area contributed by atoms with Crippen LogP contribution >= 0.6 is 0 Å². The lowest BCUT2D eigenvalue weighted by molar-refractivity contribution is 0.266. The highest BCUT2D eigenvalue weighted by atomic mass is 14.5. The number of allylic oxidation sites excluding steroid dienone is 2. The number of hydrogen-bond donors (Lipinski definition) is 0. The topological polar surface area (TPSA) is 0 Å². The van der Waals surface area contributed by atoms with Crippen LogP contribution in [0.15, 0.2) is 133 Å². The molecule has 56 heavy (non-hydrogen) atoms. The highest BCUT2D eigenvalue weighted by Crippen LogP contribution is 2.63. The molecule has 0 N–H and O–H groups in total. The van der Waals surface area contributed by atoms with Crippen molar-refractivity contribution in [1.82, 2.24) is 0 Å². The molecule has 7 aliphatic carbocycles. The number of benzene rings is 6. The molecule has 0 aromatic heterocycles. The van der Waals surface area contributed by atoms with E-state index >= 15 is 0 Å². The van der Waals surface area contributed by atoms with Crippen molar-refractivity contribution in [3.05, 3.63) is 222 Å². The van der Waals surface area contributed by atoms with Crippen molar-refractivity contribution in [3.63, 3.8) is 0 Å². The SMILES string of the molecule is C#Cc1ccc(C#Cc2c3c(c(C#Cc4ccc(C#C)cc4)c4c2C2Cc5ccccc5C4[C@@H]4CCC=C[C@H]24)C2c4ccccc4CC3c3ccccc32)cc1. The van der Waals surface area contributed by atoms with E-state index in [9.17, 15) is 0 Å². The molecular weight excluding hydrogens is 673 g/mol. The molecule has 7 aliphatic rings. The fraction of sp³-hybridized carbons (Fsp3) is 0.179. The number of hydrogen-bond acceptors (Lipinski definition) is 0. The zero-order valence-electron chi connectivity index (χ0n) is 31.1. The van der Waals surface area contributed by atoms with Gasteiger partial charge in [0.25, 0.3) is 0 Å². The summed E-state index contributed by atoms with van der Waals surface area (Å²) in [5, 5.41) is 0. The second kappa shape index (κ2) is 13.0. The summed E-state index contributed by atoms with van der Waals surface area (Å²) < 4.78 is 0. The highest BCUT2D eigenvalue weighted by Gasteiger charge is 2.51. The molecule has 6 atom stereocenters. The Morgan fingerprint density at radius 3 is 1.70 bits per heavy atom. The molecule has 0 fully saturated rings. The maximum atomic E-state index is 5.77. The average Bonchev–Trinajstić information content (AvgIpc) is 3.64. The minimum atomic E-state index is 0.0455. The number of rotatable bonds is 0. The Hall–Kier alpha value is -6.70. The first-order valence-corrected chi connectivity index (χ1v) is 20.0. The fourth-order valence-corrected chi connectivity index (χ4v) is 11.2. The third-order valence-electron chi connectivity index (χ3n) is 13.5. The zero-order valence-corrected chi connectivity index (χ0v) is 31.1. The minimum Gasteiger partial charge on any atom is -0.115 e. The second-order valence-electron chi connectivity index (χ2n) is 16.1. The second-order valence-corrected chi connectivity index (χ2v) is 16.1. The van der Waals surface area contributed by atoms with Gasteiger partial charge in [-0.05, 0) is 148 Å². The Kier molecular flexibility index (Phi) is 7.57. The van der Waals surface area contributed by atoms with E-state index in [-0.39, 0.29) is 17.8 Å². The van der Waals surface area contributed by atoms with Crippen LogP contribution in [0.25, 0.3) is 0 Å². The largest absolute Gasteiger partial charge is 0.115 e. The number of terminal acetylenes is 2. The van der Waals surface area contributed by atoms with Crippen LogP contribution in [-0.4, -0.2) is 0 Å². The predicted molar refractivity (Wildman–Crippen MR) is 227 cm³/mol. The van der Waals surface area contributed by atoms with E-state index < -0.39 is 0 Å². The van der Waals surface area contributed by atoms with Gasteiger partial charge in [-0.15, -0.1) is 12.8 Å². The molecule has 0 heteroatoms. The lowest BCUT2D eigenvalue weighted by Crippen LogP contribution is -2.35. The van der Waals surface area contributed by atoms with Gasteiger partial charge in [0.15, 0.2) is 0 Å². The van der Waals surface area contributed by atoms with Crippen LogP contribution in [0.3, 0.4) is 0 Å². The summed E-state index contributed by atoms with van der Waals surface area (Å²) in [7, 11) is 0. The summed E-state index contributed by atoms with van der Waals surface area (Å²) in [5.41, 5.74) is 20.3. The van der Waals surface area contributed by atoms with Crippen molar-refractivity contribution in [1.29, 1.82) is 0 Å². The van der Waals surface area contributed by atoms with E-state index in [4.69, 9.17) is 12.8 Å². The summed E-state index contributed by atoms with van der Waals surface area (Å²) in [5.74, 6) is 22.6. The van der Waals surface area contributed by atoms with Crippen LogP contribution in [0.2, 0.25) is 0 Å². The monoisotopic (exact) mass is 710 g/mol. The Bertz CT molecular complexity index is 2850. The molecule has 6 aromatic rings. The molecule has 4 bridgehead atoms. The molecule has 0 radical (unpaired) electrons. The van der Waals surface area contributed by atoms with E-state index in [0.29, 0.717) is 17.8 Å². The van der Waals surface area contributed by atoms with Gasteiger partial charge in [0.05, 0.1) is 0 Å². The van der Waals surface area contributed by atoms with Gasteiger partial charge in [0.2, 0.25) is 0 Å². The summed E-state index contributed by atoms with van der Waals surface area (Å²) in [4.78, 5) is 0. The summed E-state index contributed by atoms with van der Waals surface area (Å²) in [6, 6.07) is 44.0. The van der Waals surface area contributed by atoms with Crippen molar-refractivity contribution in [2.24, 2.45) is 11.8 Å². The van der Waals surface area contributed by atoms with Crippen molar-refractivity contribution in [2.45, 2.75) is 49.4 Å². The smallest absolute Gasteiger partial charge is 0.0361 e. The molecule has 13 rings (SSSR count). The van der Waals surface area contributed by atoms with Crippen LogP contribution in [-0.2, 0) is 12.8 Å². The lowest BCUT2D eigenvalue weighted by Gasteiger charge is -2.46. The van der Waals surface area contributed by atoms with E-state index in [2.05, 4.69) is 145 Å². The molecule has 0 saturated heterocycles. The molecule has 4 unspecified atom stereocenters. The summed E-state index contributed by atoms with van der Waals surface area (Å²) in [6.07, 6.45) is 20.8. The van der Waals surface area contributed by atoms with Gasteiger partial charge in [-0.3, -0.25) is 0 Å². The standard InChI is InChI=1S/C56H38/c1-3-35-21-25-37(26-22-35)29-31-47-53-49-33-39-13-5-7-15-41(39)51(45-19-11-9-17-43(45)49)55(53)48(32-30-38-27-23-36(4-2)24-28-38)56-52-42-16-8-6-14-40(42)34-50(54(47)56)44-18-10-12-20-46(44)52/h1-2,5-11,13-19,21-28,44,46,49-52H,12,20,33-34H2/t44-,46+,49?,50?,51?,52?/m0/s1. The molecule has 6 aromatic carbocycles. The van der Waals surface area contributed by atoms with Gasteiger partial charge in [-0.25, -0.2) is 0 Å². The van der Waals surface area contributed by atoms with E-state index in [1.807, 2.05) is 24.3 Å². The molecule has 0 saturated carbocycles. The van der Waals surface area contributed by atoms with E-state index in [1.165, 1.54) is 73.2 Å². The summed E-state index contributed by atoms with van der Waals surface area (Å²) >= 11 is 0. The van der Waals surface area contributed by atoms with Gasteiger partial charge in [0.1, 0.15) is 0 Å². The van der Waals surface area contributed by atoms with Gasteiger partial charge >= 0.3 is 0 Å². The normalized spacial score (nSPS) is 22.3. The van der Waals surface area contributed by atoms with Crippen LogP contribution < -0.4 is 0 Å². The Morgan fingerprint density at radius 1 is 0.482 bits per heavy atom. The third kappa shape index (κ3) is 4.94. The van der Waals surface area contributed by atoms with Gasteiger partial charge in [0, 0.05) is 51.1 Å². The quantitative estimate of drug-likeness (QED) is 0.109. The minimum absolute atomic E-state index is 0.0455. The first kappa shape index (κ1) is 32.7. The van der Waals surface area contributed by atoms with Crippen molar-refractivity contribution >= 4 is 0 Å². The highest BCUT2D eigenvalue weighted by molar-refractivity contribution is 5.76. The van der Waals surface area contributed by atoms with Gasteiger partial charge < -0.3 is 0 Å². The van der Waals surface area contributed by atoms with Crippen LogP contribution in [0, 0.1) is 60.2 Å². The van der Waals surface area contributed by atoms with Crippen LogP contribution in [0.5, 0.6) is 0 Å². The molecule has 0 heterocycles.